The van der Waals surface area contributed by atoms with E-state index in [0.29, 0.717) is 11.9 Å². The van der Waals surface area contributed by atoms with Gasteiger partial charge < -0.3 is 10.1 Å². The van der Waals surface area contributed by atoms with Crippen molar-refractivity contribution in [3.05, 3.63) is 18.2 Å². The first-order valence-electron chi connectivity index (χ1n) is 5.14. The lowest BCUT2D eigenvalue weighted by Gasteiger charge is -2.21. The Morgan fingerprint density at radius 2 is 2.00 bits per heavy atom. The molecule has 4 nitrogen and oxygen atoms in total. The minimum Gasteiger partial charge on any atom is -0.381 e. The van der Waals surface area contributed by atoms with E-state index in [4.69, 9.17) is 4.74 Å². The number of ether oxygens (including phenoxy) is 1. The Morgan fingerprint density at radius 1 is 1.33 bits per heavy atom. The standard InChI is InChI=1S/C10H14FN3O/c11-9-6-13-10(14-7-9)12-5-8-1-3-15-4-2-8/h6-8H,1-5H2,(H,12,13,14). The summed E-state index contributed by atoms with van der Waals surface area (Å²) < 4.78 is 17.8. The molecule has 0 radical (unpaired) electrons. The van der Waals surface area contributed by atoms with Gasteiger partial charge in [0.15, 0.2) is 5.82 Å². The summed E-state index contributed by atoms with van der Waals surface area (Å²) in [5.41, 5.74) is 0. The molecule has 0 atom stereocenters. The Bertz CT molecular complexity index is 298. The molecule has 1 aromatic heterocycles. The third-order valence-electron chi connectivity index (χ3n) is 2.51. The number of halogens is 1. The summed E-state index contributed by atoms with van der Waals surface area (Å²) >= 11 is 0. The molecule has 0 amide bonds. The van der Waals surface area contributed by atoms with E-state index >= 15 is 0 Å². The highest BCUT2D eigenvalue weighted by Gasteiger charge is 2.13. The normalized spacial score (nSPS) is 17.7. The largest absolute Gasteiger partial charge is 0.381 e. The van der Waals surface area contributed by atoms with Gasteiger partial charge in [-0.05, 0) is 18.8 Å². The van der Waals surface area contributed by atoms with E-state index in [1.807, 2.05) is 0 Å². The molecule has 5 heteroatoms. The number of nitrogens with zero attached hydrogens (tertiary/aromatic N) is 2. The first-order valence-corrected chi connectivity index (χ1v) is 5.14. The lowest BCUT2D eigenvalue weighted by atomic mass is 10.0. The van der Waals surface area contributed by atoms with Gasteiger partial charge in [0.05, 0.1) is 12.4 Å². The fourth-order valence-corrected chi connectivity index (χ4v) is 1.59. The summed E-state index contributed by atoms with van der Waals surface area (Å²) in [6.07, 6.45) is 4.46. The van der Waals surface area contributed by atoms with Crippen molar-refractivity contribution in [2.75, 3.05) is 25.1 Å². The molecule has 0 spiro atoms. The first kappa shape index (κ1) is 10.3. The molecular weight excluding hydrogens is 197 g/mol. The van der Waals surface area contributed by atoms with Crippen molar-refractivity contribution >= 4 is 5.95 Å². The van der Waals surface area contributed by atoms with Gasteiger partial charge in [0, 0.05) is 19.8 Å². The molecule has 1 aromatic rings. The van der Waals surface area contributed by atoms with E-state index in [1.165, 1.54) is 12.4 Å². The second-order valence-corrected chi connectivity index (χ2v) is 3.66. The predicted octanol–water partition coefficient (Wildman–Crippen LogP) is 1.45. The van der Waals surface area contributed by atoms with Crippen molar-refractivity contribution in [1.29, 1.82) is 0 Å². The van der Waals surface area contributed by atoms with Crippen LogP contribution < -0.4 is 5.32 Å². The Kier molecular flexibility index (Phi) is 3.45. The van der Waals surface area contributed by atoms with Crippen LogP contribution in [0.1, 0.15) is 12.8 Å². The quantitative estimate of drug-likeness (QED) is 0.822. The average molecular weight is 211 g/mol. The molecule has 2 rings (SSSR count). The van der Waals surface area contributed by atoms with Gasteiger partial charge in [0.1, 0.15) is 0 Å². The van der Waals surface area contributed by atoms with E-state index < -0.39 is 5.82 Å². The van der Waals surface area contributed by atoms with Crippen molar-refractivity contribution in [3.63, 3.8) is 0 Å². The van der Waals surface area contributed by atoms with Crippen LogP contribution in [-0.2, 0) is 4.74 Å². The monoisotopic (exact) mass is 211 g/mol. The minimum absolute atomic E-state index is 0.411. The molecule has 1 aliphatic heterocycles. The molecule has 0 aliphatic carbocycles. The first-order chi connectivity index (χ1) is 7.34. The second kappa shape index (κ2) is 5.02. The van der Waals surface area contributed by atoms with Crippen LogP contribution in [0, 0.1) is 11.7 Å². The lowest BCUT2D eigenvalue weighted by molar-refractivity contribution is 0.0699. The summed E-state index contributed by atoms with van der Waals surface area (Å²) in [4.78, 5) is 7.67. The molecule has 15 heavy (non-hydrogen) atoms. The summed E-state index contributed by atoms with van der Waals surface area (Å²) in [5.74, 6) is 0.682. The van der Waals surface area contributed by atoms with Gasteiger partial charge in [-0.25, -0.2) is 14.4 Å². The highest BCUT2D eigenvalue weighted by molar-refractivity contribution is 5.22. The van der Waals surface area contributed by atoms with Crippen molar-refractivity contribution < 1.29 is 9.13 Å². The van der Waals surface area contributed by atoms with E-state index in [1.54, 1.807) is 0 Å². The molecule has 0 unspecified atom stereocenters. The number of hydrogen-bond acceptors (Lipinski definition) is 4. The van der Waals surface area contributed by atoms with Crippen molar-refractivity contribution in [3.8, 4) is 0 Å². The maximum atomic E-state index is 12.5. The molecule has 1 aliphatic rings. The van der Waals surface area contributed by atoms with Gasteiger partial charge in [-0.15, -0.1) is 0 Å². The Morgan fingerprint density at radius 3 is 2.67 bits per heavy atom. The topological polar surface area (TPSA) is 47.0 Å². The summed E-state index contributed by atoms with van der Waals surface area (Å²) in [6, 6.07) is 0. The maximum absolute atomic E-state index is 12.5. The van der Waals surface area contributed by atoms with Gasteiger partial charge in [0.2, 0.25) is 5.95 Å². The van der Waals surface area contributed by atoms with E-state index in [0.717, 1.165) is 32.6 Å². The smallest absolute Gasteiger partial charge is 0.222 e. The van der Waals surface area contributed by atoms with Gasteiger partial charge in [-0.3, -0.25) is 0 Å². The number of rotatable bonds is 3. The fraction of sp³-hybridized carbons (Fsp3) is 0.600. The fourth-order valence-electron chi connectivity index (χ4n) is 1.59. The van der Waals surface area contributed by atoms with Crippen molar-refractivity contribution in [1.82, 2.24) is 9.97 Å². The molecule has 0 aromatic carbocycles. The van der Waals surface area contributed by atoms with Gasteiger partial charge >= 0.3 is 0 Å². The zero-order valence-electron chi connectivity index (χ0n) is 8.45. The van der Waals surface area contributed by atoms with E-state index in [2.05, 4.69) is 15.3 Å². The SMILES string of the molecule is Fc1cnc(NCC2CCOCC2)nc1. The summed E-state index contributed by atoms with van der Waals surface area (Å²) in [5, 5.41) is 3.10. The summed E-state index contributed by atoms with van der Waals surface area (Å²) in [7, 11) is 0. The second-order valence-electron chi connectivity index (χ2n) is 3.66. The molecule has 0 saturated carbocycles. The zero-order valence-corrected chi connectivity index (χ0v) is 8.45. The molecule has 2 heterocycles. The molecule has 82 valence electrons. The lowest BCUT2D eigenvalue weighted by Crippen LogP contribution is -2.23. The number of anilines is 1. The van der Waals surface area contributed by atoms with Crippen molar-refractivity contribution in [2.24, 2.45) is 5.92 Å². The van der Waals surface area contributed by atoms with Crippen LogP contribution >= 0.6 is 0 Å². The Hall–Kier alpha value is -1.23. The van der Waals surface area contributed by atoms with Crippen LogP contribution in [0.3, 0.4) is 0 Å². The number of hydrogen-bond donors (Lipinski definition) is 1. The van der Waals surface area contributed by atoms with Crippen molar-refractivity contribution in [2.45, 2.75) is 12.8 Å². The minimum atomic E-state index is -0.411. The number of nitrogens with one attached hydrogen (secondary N) is 1. The Balaban J connectivity index is 1.79. The third-order valence-corrected chi connectivity index (χ3v) is 2.51. The van der Waals surface area contributed by atoms with Crippen LogP contribution in [-0.4, -0.2) is 29.7 Å². The highest BCUT2D eigenvalue weighted by Crippen LogP contribution is 2.14. The van der Waals surface area contributed by atoms with E-state index in [-0.39, 0.29) is 0 Å². The zero-order chi connectivity index (χ0) is 10.5. The van der Waals surface area contributed by atoms with Crippen LogP contribution in [0.25, 0.3) is 0 Å². The molecule has 1 N–H and O–H groups in total. The van der Waals surface area contributed by atoms with Crippen LogP contribution in [0.15, 0.2) is 12.4 Å². The van der Waals surface area contributed by atoms with Crippen LogP contribution in [0.5, 0.6) is 0 Å². The van der Waals surface area contributed by atoms with Gasteiger partial charge in [-0.2, -0.15) is 0 Å². The van der Waals surface area contributed by atoms with E-state index in [9.17, 15) is 4.39 Å². The van der Waals surface area contributed by atoms with Crippen LogP contribution in [0.4, 0.5) is 10.3 Å². The maximum Gasteiger partial charge on any atom is 0.222 e. The molecule has 1 fully saturated rings. The predicted molar refractivity (Wildman–Crippen MR) is 54.0 cm³/mol. The summed E-state index contributed by atoms with van der Waals surface area (Å²) in [6.45, 7) is 2.49. The molecular formula is C10H14FN3O. The average Bonchev–Trinajstić information content (AvgIpc) is 2.30. The highest BCUT2D eigenvalue weighted by atomic mass is 19.1. The number of aromatic nitrogens is 2. The third kappa shape index (κ3) is 3.13. The molecule has 0 bridgehead atoms. The Labute approximate surface area is 87.9 Å². The van der Waals surface area contributed by atoms with Gasteiger partial charge in [0.25, 0.3) is 0 Å². The van der Waals surface area contributed by atoms with Gasteiger partial charge in [-0.1, -0.05) is 0 Å². The molecule has 1 saturated heterocycles. The van der Waals surface area contributed by atoms with Crippen LogP contribution in [0.2, 0.25) is 0 Å².